The number of rotatable bonds is 5. The fourth-order valence-electron chi connectivity index (χ4n) is 1.22. The normalized spacial score (nSPS) is 9.93. The van der Waals surface area contributed by atoms with Crippen LogP contribution in [0.15, 0.2) is 22.7 Å². The molecule has 0 aliphatic heterocycles. The van der Waals surface area contributed by atoms with Crippen LogP contribution in [0, 0.1) is 18.2 Å². The lowest BCUT2D eigenvalue weighted by Crippen LogP contribution is -2.14. The van der Waals surface area contributed by atoms with Crippen LogP contribution in [0.3, 0.4) is 0 Å². The smallest absolute Gasteiger partial charge is 0.123 e. The van der Waals surface area contributed by atoms with Crippen molar-refractivity contribution in [2.45, 2.75) is 19.4 Å². The van der Waals surface area contributed by atoms with Gasteiger partial charge in [0.2, 0.25) is 0 Å². The van der Waals surface area contributed by atoms with Crippen molar-refractivity contribution >= 4 is 15.9 Å². The van der Waals surface area contributed by atoms with Gasteiger partial charge in [-0.15, -0.1) is 12.3 Å². The van der Waals surface area contributed by atoms with Gasteiger partial charge >= 0.3 is 0 Å². The zero-order valence-corrected chi connectivity index (χ0v) is 9.98. The summed E-state index contributed by atoms with van der Waals surface area (Å²) >= 11 is 3.37. The lowest BCUT2D eigenvalue weighted by atomic mass is 10.2. The second-order valence-corrected chi connectivity index (χ2v) is 4.07. The molecule has 0 radical (unpaired) electrons. The molecular weight excluding hydrogens is 257 g/mol. The molecule has 0 aliphatic carbocycles. The van der Waals surface area contributed by atoms with Crippen LogP contribution in [0.1, 0.15) is 18.4 Å². The molecule has 15 heavy (non-hydrogen) atoms. The Morgan fingerprint density at radius 1 is 1.47 bits per heavy atom. The van der Waals surface area contributed by atoms with E-state index in [1.165, 1.54) is 12.1 Å². The standard InChI is InChI=1S/C12H13BrFN/c1-2-3-4-7-15-9-10-8-11(14)5-6-12(10)13/h1,5-6,8,15H,3-4,7,9H2. The predicted octanol–water partition coefficient (Wildman–Crippen LogP) is 3.09. The first-order chi connectivity index (χ1) is 7.24. The Morgan fingerprint density at radius 3 is 3.00 bits per heavy atom. The summed E-state index contributed by atoms with van der Waals surface area (Å²) in [5.41, 5.74) is 0.927. The molecule has 0 saturated heterocycles. The van der Waals surface area contributed by atoms with Gasteiger partial charge in [-0.3, -0.25) is 0 Å². The summed E-state index contributed by atoms with van der Waals surface area (Å²) in [5, 5.41) is 3.21. The Morgan fingerprint density at radius 2 is 2.27 bits per heavy atom. The molecule has 1 aromatic rings. The van der Waals surface area contributed by atoms with Gasteiger partial charge in [0.25, 0.3) is 0 Å². The van der Waals surface area contributed by atoms with E-state index in [2.05, 4.69) is 27.2 Å². The second-order valence-electron chi connectivity index (χ2n) is 3.22. The molecule has 3 heteroatoms. The molecule has 0 fully saturated rings. The van der Waals surface area contributed by atoms with E-state index in [4.69, 9.17) is 6.42 Å². The molecule has 1 rings (SSSR count). The quantitative estimate of drug-likeness (QED) is 0.640. The molecule has 80 valence electrons. The monoisotopic (exact) mass is 269 g/mol. The molecule has 0 bridgehead atoms. The van der Waals surface area contributed by atoms with E-state index >= 15 is 0 Å². The van der Waals surface area contributed by atoms with Crippen molar-refractivity contribution < 1.29 is 4.39 Å². The molecule has 0 saturated carbocycles. The third-order valence-corrected chi connectivity index (χ3v) is 2.77. The number of nitrogens with one attached hydrogen (secondary N) is 1. The molecule has 0 aromatic heterocycles. The fraction of sp³-hybridized carbons (Fsp3) is 0.333. The van der Waals surface area contributed by atoms with E-state index in [-0.39, 0.29) is 5.82 Å². The third kappa shape index (κ3) is 4.46. The van der Waals surface area contributed by atoms with Gasteiger partial charge in [-0.1, -0.05) is 15.9 Å². The molecule has 0 amide bonds. The summed E-state index contributed by atoms with van der Waals surface area (Å²) in [4.78, 5) is 0. The van der Waals surface area contributed by atoms with E-state index in [0.29, 0.717) is 6.54 Å². The summed E-state index contributed by atoms with van der Waals surface area (Å²) in [6, 6.07) is 4.68. The van der Waals surface area contributed by atoms with Gasteiger partial charge in [0.05, 0.1) is 0 Å². The molecule has 0 atom stereocenters. The number of unbranched alkanes of at least 4 members (excludes halogenated alkanes) is 1. The van der Waals surface area contributed by atoms with Gasteiger partial charge in [0.15, 0.2) is 0 Å². The maximum absolute atomic E-state index is 12.9. The average molecular weight is 270 g/mol. The van der Waals surface area contributed by atoms with Crippen molar-refractivity contribution in [3.63, 3.8) is 0 Å². The zero-order chi connectivity index (χ0) is 11.1. The number of hydrogen-bond acceptors (Lipinski definition) is 1. The number of hydrogen-bond donors (Lipinski definition) is 1. The molecule has 1 N–H and O–H groups in total. The lowest BCUT2D eigenvalue weighted by Gasteiger charge is -2.06. The molecule has 1 nitrogen and oxygen atoms in total. The Labute approximate surface area is 98.2 Å². The molecule has 0 aliphatic rings. The lowest BCUT2D eigenvalue weighted by molar-refractivity contribution is 0.616. The van der Waals surface area contributed by atoms with Crippen molar-refractivity contribution in [1.82, 2.24) is 5.32 Å². The SMILES string of the molecule is C#CCCCNCc1cc(F)ccc1Br. The van der Waals surface area contributed by atoms with E-state index in [9.17, 15) is 4.39 Å². The van der Waals surface area contributed by atoms with Gasteiger partial charge in [0, 0.05) is 17.4 Å². The number of terminal acetylenes is 1. The van der Waals surface area contributed by atoms with E-state index in [1.54, 1.807) is 6.07 Å². The van der Waals surface area contributed by atoms with E-state index in [0.717, 1.165) is 29.4 Å². The largest absolute Gasteiger partial charge is 0.313 e. The van der Waals surface area contributed by atoms with E-state index in [1.807, 2.05) is 0 Å². The topological polar surface area (TPSA) is 12.0 Å². The first-order valence-electron chi connectivity index (χ1n) is 4.82. The van der Waals surface area contributed by atoms with Crippen LogP contribution >= 0.6 is 15.9 Å². The van der Waals surface area contributed by atoms with Crippen LogP contribution in [0.2, 0.25) is 0 Å². The average Bonchev–Trinajstić information content (AvgIpc) is 2.23. The minimum atomic E-state index is -0.210. The van der Waals surface area contributed by atoms with Crippen LogP contribution in [0.5, 0.6) is 0 Å². The van der Waals surface area contributed by atoms with Gasteiger partial charge in [-0.25, -0.2) is 4.39 Å². The number of halogens is 2. The first kappa shape index (κ1) is 12.2. The maximum atomic E-state index is 12.9. The molecular formula is C12H13BrFN. The van der Waals surface area contributed by atoms with Crippen LogP contribution in [-0.2, 0) is 6.54 Å². The highest BCUT2D eigenvalue weighted by molar-refractivity contribution is 9.10. The van der Waals surface area contributed by atoms with Crippen molar-refractivity contribution in [3.8, 4) is 12.3 Å². The maximum Gasteiger partial charge on any atom is 0.123 e. The highest BCUT2D eigenvalue weighted by Crippen LogP contribution is 2.17. The fourth-order valence-corrected chi connectivity index (χ4v) is 1.60. The van der Waals surface area contributed by atoms with Gasteiger partial charge in [-0.05, 0) is 36.7 Å². The minimum absolute atomic E-state index is 0.210. The molecule has 0 heterocycles. The third-order valence-electron chi connectivity index (χ3n) is 2.00. The summed E-state index contributed by atoms with van der Waals surface area (Å²) in [5.74, 6) is 2.37. The van der Waals surface area contributed by atoms with Crippen LogP contribution < -0.4 is 5.32 Å². The highest BCUT2D eigenvalue weighted by Gasteiger charge is 2.00. The van der Waals surface area contributed by atoms with Crippen molar-refractivity contribution in [1.29, 1.82) is 0 Å². The Balaban J connectivity index is 2.37. The molecule has 0 spiro atoms. The van der Waals surface area contributed by atoms with Crippen LogP contribution in [0.25, 0.3) is 0 Å². The predicted molar refractivity (Wildman–Crippen MR) is 63.9 cm³/mol. The number of benzene rings is 1. The van der Waals surface area contributed by atoms with Crippen molar-refractivity contribution in [2.24, 2.45) is 0 Å². The van der Waals surface area contributed by atoms with E-state index < -0.39 is 0 Å². The van der Waals surface area contributed by atoms with Crippen LogP contribution in [0.4, 0.5) is 4.39 Å². The van der Waals surface area contributed by atoms with Gasteiger partial charge < -0.3 is 5.32 Å². The summed E-state index contributed by atoms with van der Waals surface area (Å²) < 4.78 is 13.8. The zero-order valence-electron chi connectivity index (χ0n) is 8.39. The first-order valence-corrected chi connectivity index (χ1v) is 5.61. The Kier molecular flexibility index (Phi) is 5.38. The van der Waals surface area contributed by atoms with Crippen molar-refractivity contribution in [3.05, 3.63) is 34.1 Å². The van der Waals surface area contributed by atoms with Crippen LogP contribution in [-0.4, -0.2) is 6.54 Å². The minimum Gasteiger partial charge on any atom is -0.313 e. The highest BCUT2D eigenvalue weighted by atomic mass is 79.9. The second kappa shape index (κ2) is 6.60. The summed E-state index contributed by atoms with van der Waals surface area (Å²) in [6.45, 7) is 1.51. The molecule has 0 unspecified atom stereocenters. The van der Waals surface area contributed by atoms with Gasteiger partial charge in [0.1, 0.15) is 5.82 Å². The summed E-state index contributed by atoms with van der Waals surface area (Å²) in [7, 11) is 0. The van der Waals surface area contributed by atoms with Gasteiger partial charge in [-0.2, -0.15) is 0 Å². The summed E-state index contributed by atoms with van der Waals surface area (Å²) in [6.07, 6.45) is 6.85. The Bertz CT molecular complexity index is 357. The Hall–Kier alpha value is -0.850. The molecule has 1 aromatic carbocycles. The van der Waals surface area contributed by atoms with Crippen molar-refractivity contribution in [2.75, 3.05) is 6.54 Å².